The van der Waals surface area contributed by atoms with Crippen molar-refractivity contribution < 1.29 is 9.90 Å². The first-order valence-electron chi connectivity index (χ1n) is 6.57. The van der Waals surface area contributed by atoms with Crippen LogP contribution in [-0.4, -0.2) is 34.6 Å². The molecule has 104 valence electrons. The number of carbonyl (C=O) groups excluding carboxylic acids is 1. The zero-order chi connectivity index (χ0) is 14.2. The minimum atomic E-state index is -0.725. The Morgan fingerprint density at radius 3 is 2.26 bits per heavy atom. The molecule has 2 rings (SSSR count). The number of β-amino-alcohol motifs (C(OH)–C–C–N with tert-alkyl or cyclic N) is 1. The average Bonchev–Trinajstić information content (AvgIpc) is 2.28. The van der Waals surface area contributed by atoms with Crippen LogP contribution in [0.2, 0.25) is 5.02 Å². The monoisotopic (exact) mass is 281 g/mol. The summed E-state index contributed by atoms with van der Waals surface area (Å²) < 4.78 is 0. The summed E-state index contributed by atoms with van der Waals surface area (Å²) in [5, 5.41) is 10.4. The van der Waals surface area contributed by atoms with E-state index >= 15 is 0 Å². The number of nitrogens with zero attached hydrogens (tertiary/aromatic N) is 1. The number of likely N-dealkylation sites (tertiary alicyclic amines) is 1. The highest BCUT2D eigenvalue weighted by atomic mass is 35.5. The molecule has 1 heterocycles. The van der Waals surface area contributed by atoms with Gasteiger partial charge in [-0.2, -0.15) is 0 Å². The summed E-state index contributed by atoms with van der Waals surface area (Å²) in [4.78, 5) is 14.2. The van der Waals surface area contributed by atoms with Crippen LogP contribution in [0.25, 0.3) is 0 Å². The number of amides is 1. The van der Waals surface area contributed by atoms with Crippen LogP contribution in [0.5, 0.6) is 0 Å². The van der Waals surface area contributed by atoms with E-state index in [0.29, 0.717) is 18.1 Å². The van der Waals surface area contributed by atoms with Crippen LogP contribution in [-0.2, 0) is 4.79 Å². The fraction of sp³-hybridized carbons (Fsp3) is 0.533. The molecule has 4 heteroatoms. The molecule has 1 saturated heterocycles. The number of rotatable bonds is 3. The zero-order valence-electron chi connectivity index (χ0n) is 11.6. The molecule has 0 aliphatic carbocycles. The Bertz CT molecular complexity index is 460. The third-order valence-electron chi connectivity index (χ3n) is 3.54. The average molecular weight is 282 g/mol. The lowest BCUT2D eigenvalue weighted by atomic mass is 9.85. The van der Waals surface area contributed by atoms with Gasteiger partial charge in [0.15, 0.2) is 0 Å². The van der Waals surface area contributed by atoms with Crippen LogP contribution in [0.4, 0.5) is 0 Å². The molecular formula is C15H20ClNO2. The van der Waals surface area contributed by atoms with Crippen LogP contribution in [0.15, 0.2) is 24.3 Å². The molecule has 0 bridgehead atoms. The number of hydrogen-bond acceptors (Lipinski definition) is 2. The predicted molar refractivity (Wildman–Crippen MR) is 76.2 cm³/mol. The van der Waals surface area contributed by atoms with Gasteiger partial charge in [0, 0.05) is 5.02 Å². The fourth-order valence-electron chi connectivity index (χ4n) is 2.61. The van der Waals surface area contributed by atoms with Crippen molar-refractivity contribution in [2.75, 3.05) is 13.1 Å². The van der Waals surface area contributed by atoms with Gasteiger partial charge in [-0.1, -0.05) is 37.6 Å². The van der Waals surface area contributed by atoms with E-state index in [1.807, 2.05) is 38.1 Å². The predicted octanol–water partition coefficient (Wildman–Crippen LogP) is 2.67. The third-order valence-corrected chi connectivity index (χ3v) is 3.79. The van der Waals surface area contributed by atoms with E-state index in [9.17, 15) is 9.90 Å². The first-order chi connectivity index (χ1) is 8.80. The maximum Gasteiger partial charge on any atom is 0.230 e. The maximum atomic E-state index is 12.5. The van der Waals surface area contributed by atoms with Gasteiger partial charge in [-0.15, -0.1) is 0 Å². The van der Waals surface area contributed by atoms with Gasteiger partial charge in [-0.3, -0.25) is 4.79 Å². The van der Waals surface area contributed by atoms with Crippen LogP contribution < -0.4 is 0 Å². The second-order valence-electron chi connectivity index (χ2n) is 5.96. The van der Waals surface area contributed by atoms with E-state index in [-0.39, 0.29) is 17.7 Å². The Balaban J connectivity index is 2.17. The van der Waals surface area contributed by atoms with Gasteiger partial charge in [0.1, 0.15) is 0 Å². The van der Waals surface area contributed by atoms with Gasteiger partial charge in [0.2, 0.25) is 5.91 Å². The Labute approximate surface area is 119 Å². The standard InChI is InChI=1S/C15H20ClNO2/c1-10(2)13(11-4-6-12(16)7-5-11)14(18)17-8-15(3,19)9-17/h4-7,10,13,19H,8-9H2,1-3H3. The lowest BCUT2D eigenvalue weighted by Crippen LogP contribution is -2.62. The highest BCUT2D eigenvalue weighted by Gasteiger charge is 2.42. The van der Waals surface area contributed by atoms with Crippen LogP contribution in [0, 0.1) is 5.92 Å². The van der Waals surface area contributed by atoms with Crippen molar-refractivity contribution in [3.63, 3.8) is 0 Å². The van der Waals surface area contributed by atoms with Crippen molar-refractivity contribution in [2.24, 2.45) is 5.92 Å². The van der Waals surface area contributed by atoms with Gasteiger partial charge in [-0.05, 0) is 30.5 Å². The van der Waals surface area contributed by atoms with Crippen LogP contribution in [0.3, 0.4) is 0 Å². The highest BCUT2D eigenvalue weighted by Crippen LogP contribution is 2.31. The van der Waals surface area contributed by atoms with Crippen molar-refractivity contribution in [1.29, 1.82) is 0 Å². The van der Waals surface area contributed by atoms with Crippen LogP contribution >= 0.6 is 11.6 Å². The zero-order valence-corrected chi connectivity index (χ0v) is 12.3. The summed E-state index contributed by atoms with van der Waals surface area (Å²) in [6.45, 7) is 6.67. The highest BCUT2D eigenvalue weighted by molar-refractivity contribution is 6.30. The van der Waals surface area contributed by atoms with E-state index < -0.39 is 5.60 Å². The third kappa shape index (κ3) is 3.10. The topological polar surface area (TPSA) is 40.5 Å². The molecule has 3 nitrogen and oxygen atoms in total. The van der Waals surface area contributed by atoms with Gasteiger partial charge < -0.3 is 10.0 Å². The molecular weight excluding hydrogens is 262 g/mol. The van der Waals surface area contributed by atoms with Crippen molar-refractivity contribution >= 4 is 17.5 Å². The Morgan fingerprint density at radius 2 is 1.84 bits per heavy atom. The van der Waals surface area contributed by atoms with Gasteiger partial charge in [0.05, 0.1) is 24.6 Å². The minimum absolute atomic E-state index is 0.0869. The molecule has 1 aromatic carbocycles. The summed E-state index contributed by atoms with van der Waals surface area (Å²) in [7, 11) is 0. The lowest BCUT2D eigenvalue weighted by Gasteiger charge is -2.46. The van der Waals surface area contributed by atoms with Crippen molar-refractivity contribution in [3.8, 4) is 0 Å². The summed E-state index contributed by atoms with van der Waals surface area (Å²) in [5.74, 6) is 0.122. The fourth-order valence-corrected chi connectivity index (χ4v) is 2.74. The SMILES string of the molecule is CC(C)C(C(=O)N1CC(C)(O)C1)c1ccc(Cl)cc1. The number of hydrogen-bond donors (Lipinski definition) is 1. The maximum absolute atomic E-state index is 12.5. The van der Waals surface area contributed by atoms with Crippen molar-refractivity contribution in [2.45, 2.75) is 32.3 Å². The van der Waals surface area contributed by atoms with E-state index in [4.69, 9.17) is 11.6 Å². The number of benzene rings is 1. The number of aliphatic hydroxyl groups is 1. The summed E-state index contributed by atoms with van der Waals surface area (Å²) in [5.41, 5.74) is 0.257. The molecule has 1 amide bonds. The second kappa shape index (κ2) is 5.14. The van der Waals surface area contributed by atoms with E-state index in [2.05, 4.69) is 0 Å². The van der Waals surface area contributed by atoms with Gasteiger partial charge >= 0.3 is 0 Å². The quantitative estimate of drug-likeness (QED) is 0.925. The van der Waals surface area contributed by atoms with Crippen molar-refractivity contribution in [1.82, 2.24) is 4.90 Å². The van der Waals surface area contributed by atoms with Gasteiger partial charge in [0.25, 0.3) is 0 Å². The molecule has 0 spiro atoms. The normalized spacial score (nSPS) is 19.2. The van der Waals surface area contributed by atoms with Gasteiger partial charge in [-0.25, -0.2) is 0 Å². The van der Waals surface area contributed by atoms with E-state index in [1.165, 1.54) is 0 Å². The lowest BCUT2D eigenvalue weighted by molar-refractivity contribution is -0.154. The molecule has 1 unspecified atom stereocenters. The van der Waals surface area contributed by atoms with Crippen LogP contribution in [0.1, 0.15) is 32.3 Å². The smallest absolute Gasteiger partial charge is 0.230 e. The Kier molecular flexibility index (Phi) is 3.88. The Hall–Kier alpha value is -1.06. The molecule has 19 heavy (non-hydrogen) atoms. The van der Waals surface area contributed by atoms with E-state index in [0.717, 1.165) is 5.56 Å². The summed E-state index contributed by atoms with van der Waals surface area (Å²) >= 11 is 5.89. The van der Waals surface area contributed by atoms with Crippen molar-refractivity contribution in [3.05, 3.63) is 34.9 Å². The summed E-state index contributed by atoms with van der Waals surface area (Å²) in [6, 6.07) is 7.43. The molecule has 1 aliphatic heterocycles. The second-order valence-corrected chi connectivity index (χ2v) is 6.40. The molecule has 1 aromatic rings. The number of halogens is 1. The molecule has 1 atom stereocenters. The first-order valence-corrected chi connectivity index (χ1v) is 6.94. The largest absolute Gasteiger partial charge is 0.386 e. The molecule has 0 aromatic heterocycles. The molecule has 1 fully saturated rings. The number of carbonyl (C=O) groups is 1. The Morgan fingerprint density at radius 1 is 1.32 bits per heavy atom. The molecule has 0 radical (unpaired) electrons. The molecule has 1 aliphatic rings. The molecule has 1 N–H and O–H groups in total. The first kappa shape index (κ1) is 14.4. The molecule has 0 saturated carbocycles. The van der Waals surface area contributed by atoms with E-state index in [1.54, 1.807) is 11.8 Å². The minimum Gasteiger partial charge on any atom is -0.386 e. The summed E-state index contributed by atoms with van der Waals surface area (Å²) in [6.07, 6.45) is 0.